The molecule has 1 aromatic carbocycles. The lowest BCUT2D eigenvalue weighted by Crippen LogP contribution is -2.43. The maximum absolute atomic E-state index is 13.1. The molecule has 1 unspecified atom stereocenters. The molecular formula is C19H24F3N3O3. The molecule has 6 nitrogen and oxygen atoms in total. The van der Waals surface area contributed by atoms with Gasteiger partial charge >= 0.3 is 6.18 Å². The molecule has 2 amide bonds. The topological polar surface area (TPSA) is 84.7 Å². The van der Waals surface area contributed by atoms with Crippen molar-refractivity contribution in [2.45, 2.75) is 50.1 Å². The van der Waals surface area contributed by atoms with Crippen LogP contribution in [0.15, 0.2) is 24.3 Å². The van der Waals surface area contributed by atoms with Gasteiger partial charge in [-0.05, 0) is 37.0 Å². The average Bonchev–Trinajstić information content (AvgIpc) is 3.30. The second kappa shape index (κ2) is 8.48. The Morgan fingerprint density at radius 1 is 1.36 bits per heavy atom. The number of nitrogens with zero attached hydrogens (tertiary/aromatic N) is 1. The monoisotopic (exact) mass is 399 g/mol. The minimum Gasteiger partial charge on any atom is -0.364 e. The van der Waals surface area contributed by atoms with Crippen LogP contribution in [0, 0.1) is 0 Å². The summed E-state index contributed by atoms with van der Waals surface area (Å²) in [6.45, 7) is 0.960. The number of likely N-dealkylation sites (tertiary alicyclic amines) is 1. The molecular weight excluding hydrogens is 375 g/mol. The van der Waals surface area contributed by atoms with Crippen molar-refractivity contribution in [3.63, 3.8) is 0 Å². The molecule has 2 aliphatic rings. The molecule has 0 radical (unpaired) electrons. The summed E-state index contributed by atoms with van der Waals surface area (Å²) in [6, 6.07) is 4.08. The largest absolute Gasteiger partial charge is 0.416 e. The Bertz CT molecular complexity index is 726. The van der Waals surface area contributed by atoms with Gasteiger partial charge in [-0.3, -0.25) is 9.59 Å². The highest BCUT2D eigenvalue weighted by Gasteiger charge is 2.34. The van der Waals surface area contributed by atoms with Crippen LogP contribution in [0.5, 0.6) is 0 Å². The van der Waals surface area contributed by atoms with Crippen molar-refractivity contribution >= 4 is 11.8 Å². The molecule has 3 rings (SSSR count). The fraction of sp³-hybridized carbons (Fsp3) is 0.579. The molecule has 154 valence electrons. The lowest BCUT2D eigenvalue weighted by molar-refractivity contribution is -0.137. The number of amides is 2. The van der Waals surface area contributed by atoms with Gasteiger partial charge in [-0.2, -0.15) is 13.2 Å². The second-order valence-corrected chi connectivity index (χ2v) is 7.19. The number of carbonyl (C=O) groups is 2. The Balaban J connectivity index is 1.79. The first-order valence-corrected chi connectivity index (χ1v) is 9.38. The van der Waals surface area contributed by atoms with E-state index in [2.05, 4.69) is 5.32 Å². The van der Waals surface area contributed by atoms with Gasteiger partial charge in [0.2, 0.25) is 11.8 Å². The Hall–Kier alpha value is -2.13. The molecule has 2 heterocycles. The van der Waals surface area contributed by atoms with E-state index in [1.165, 1.54) is 12.1 Å². The fourth-order valence-electron chi connectivity index (χ4n) is 3.62. The fourth-order valence-corrected chi connectivity index (χ4v) is 3.62. The molecule has 0 bridgehead atoms. The first-order chi connectivity index (χ1) is 13.3. The van der Waals surface area contributed by atoms with Crippen LogP contribution in [0.25, 0.3) is 0 Å². The zero-order valence-corrected chi connectivity index (χ0v) is 15.4. The quantitative estimate of drug-likeness (QED) is 0.766. The molecule has 0 saturated carbocycles. The Labute approximate surface area is 161 Å². The van der Waals surface area contributed by atoms with E-state index in [-0.39, 0.29) is 18.6 Å². The smallest absolute Gasteiger partial charge is 0.364 e. The van der Waals surface area contributed by atoms with Gasteiger partial charge in [-0.1, -0.05) is 12.1 Å². The van der Waals surface area contributed by atoms with Crippen LogP contribution in [0.3, 0.4) is 0 Å². The van der Waals surface area contributed by atoms with E-state index in [0.29, 0.717) is 44.3 Å². The van der Waals surface area contributed by atoms with E-state index in [9.17, 15) is 22.8 Å². The van der Waals surface area contributed by atoms with Crippen molar-refractivity contribution < 1.29 is 27.5 Å². The zero-order chi connectivity index (χ0) is 20.3. The molecule has 9 heteroatoms. The first-order valence-electron chi connectivity index (χ1n) is 9.38. The van der Waals surface area contributed by atoms with Crippen molar-refractivity contribution in [1.29, 1.82) is 0 Å². The van der Waals surface area contributed by atoms with Gasteiger partial charge in [0.25, 0.3) is 0 Å². The third-order valence-electron chi connectivity index (χ3n) is 5.17. The number of rotatable bonds is 6. The highest BCUT2D eigenvalue weighted by atomic mass is 19.4. The van der Waals surface area contributed by atoms with E-state index < -0.39 is 29.8 Å². The molecule has 2 fully saturated rings. The number of carbonyl (C=O) groups excluding carboxylic acids is 2. The van der Waals surface area contributed by atoms with Gasteiger partial charge in [0, 0.05) is 26.1 Å². The molecule has 28 heavy (non-hydrogen) atoms. The Kier molecular flexibility index (Phi) is 6.24. The summed E-state index contributed by atoms with van der Waals surface area (Å²) in [4.78, 5) is 26.2. The normalized spacial score (nSPS) is 23.9. The number of ether oxygens (including phenoxy) is 1. The van der Waals surface area contributed by atoms with E-state index >= 15 is 0 Å². The van der Waals surface area contributed by atoms with Crippen LogP contribution < -0.4 is 11.1 Å². The van der Waals surface area contributed by atoms with E-state index in [1.54, 1.807) is 4.90 Å². The maximum Gasteiger partial charge on any atom is 0.416 e. The highest BCUT2D eigenvalue weighted by Crippen LogP contribution is 2.31. The van der Waals surface area contributed by atoms with Crippen LogP contribution in [-0.2, 0) is 20.5 Å². The summed E-state index contributed by atoms with van der Waals surface area (Å²) in [5.41, 5.74) is 5.07. The number of nitrogens with two attached hydrogens (primary N) is 1. The van der Waals surface area contributed by atoms with Crippen molar-refractivity contribution in [1.82, 2.24) is 10.2 Å². The van der Waals surface area contributed by atoms with Crippen LogP contribution in [0.4, 0.5) is 13.2 Å². The molecule has 2 saturated heterocycles. The number of nitrogens with one attached hydrogen (secondary N) is 1. The molecule has 0 aliphatic carbocycles. The van der Waals surface area contributed by atoms with Crippen LogP contribution in [0.1, 0.15) is 42.9 Å². The van der Waals surface area contributed by atoms with Crippen molar-refractivity contribution in [3.8, 4) is 0 Å². The Morgan fingerprint density at radius 3 is 2.75 bits per heavy atom. The number of halogens is 3. The van der Waals surface area contributed by atoms with Crippen molar-refractivity contribution in [2.75, 3.05) is 19.6 Å². The van der Waals surface area contributed by atoms with Gasteiger partial charge in [0.15, 0.2) is 0 Å². The number of hydrogen-bond donors (Lipinski definition) is 2. The molecule has 3 atom stereocenters. The summed E-state index contributed by atoms with van der Waals surface area (Å²) >= 11 is 0. The number of hydrogen-bond acceptors (Lipinski definition) is 4. The standard InChI is InChI=1S/C19H24F3N3O3/c20-19(21,22)13-4-1-3-12(9-13)15(11-25-8-2-5-17(25)26)24-18(27)16-7-6-14(10-23)28-16/h1,3-4,9,14-16H,2,5-8,10-11,23H2,(H,24,27)/t14-,15?,16+/m1/s1. The molecule has 1 aromatic rings. The average molecular weight is 399 g/mol. The summed E-state index contributed by atoms with van der Waals surface area (Å²) in [5, 5.41) is 2.78. The minimum absolute atomic E-state index is 0.0634. The SMILES string of the molecule is NC[C@H]1CC[C@@H](C(=O)NC(CN2CCCC2=O)c2cccc(C(F)(F)F)c2)O1. The third kappa shape index (κ3) is 4.82. The van der Waals surface area contributed by atoms with E-state index in [4.69, 9.17) is 10.5 Å². The Morgan fingerprint density at radius 2 is 2.14 bits per heavy atom. The van der Waals surface area contributed by atoms with Gasteiger partial charge in [0.05, 0.1) is 17.7 Å². The molecule has 2 aliphatic heterocycles. The summed E-state index contributed by atoms with van der Waals surface area (Å²) in [6.07, 6.45) is -3.09. The van der Waals surface area contributed by atoms with E-state index in [0.717, 1.165) is 12.1 Å². The summed E-state index contributed by atoms with van der Waals surface area (Å²) in [7, 11) is 0. The predicted octanol–water partition coefficient (Wildman–Crippen LogP) is 1.99. The predicted molar refractivity (Wildman–Crippen MR) is 95.1 cm³/mol. The lowest BCUT2D eigenvalue weighted by atomic mass is 10.0. The summed E-state index contributed by atoms with van der Waals surface area (Å²) < 4.78 is 44.9. The lowest BCUT2D eigenvalue weighted by Gasteiger charge is -2.27. The molecule has 3 N–H and O–H groups in total. The van der Waals surface area contributed by atoms with Crippen LogP contribution in [0.2, 0.25) is 0 Å². The van der Waals surface area contributed by atoms with Crippen molar-refractivity contribution in [3.05, 3.63) is 35.4 Å². The summed E-state index contributed by atoms with van der Waals surface area (Å²) in [5.74, 6) is -0.462. The zero-order valence-electron chi connectivity index (χ0n) is 15.4. The highest BCUT2D eigenvalue weighted by molar-refractivity contribution is 5.82. The molecule has 0 aromatic heterocycles. The number of benzene rings is 1. The van der Waals surface area contributed by atoms with Crippen molar-refractivity contribution in [2.24, 2.45) is 5.73 Å². The van der Waals surface area contributed by atoms with Gasteiger partial charge < -0.3 is 20.7 Å². The molecule has 0 spiro atoms. The van der Waals surface area contributed by atoms with E-state index in [1.807, 2.05) is 0 Å². The third-order valence-corrected chi connectivity index (χ3v) is 5.17. The van der Waals surface area contributed by atoms with Gasteiger partial charge in [-0.25, -0.2) is 0 Å². The number of alkyl halides is 3. The first kappa shape index (κ1) is 20.6. The van der Waals surface area contributed by atoms with Crippen LogP contribution in [-0.4, -0.2) is 48.6 Å². The minimum atomic E-state index is -4.49. The van der Waals surface area contributed by atoms with Gasteiger partial charge in [0.1, 0.15) is 6.10 Å². The second-order valence-electron chi connectivity index (χ2n) is 7.19. The van der Waals surface area contributed by atoms with Crippen LogP contribution >= 0.6 is 0 Å². The van der Waals surface area contributed by atoms with Gasteiger partial charge in [-0.15, -0.1) is 0 Å². The maximum atomic E-state index is 13.1.